The van der Waals surface area contributed by atoms with Crippen LogP contribution in [0.15, 0.2) is 18.3 Å². The SMILES string of the molecule is Nc1ccc(N2CCCCC2N2CCOCC2)cn1. The topological polar surface area (TPSA) is 54.6 Å². The summed E-state index contributed by atoms with van der Waals surface area (Å²) in [6.07, 6.45) is 6.17. The molecule has 2 fully saturated rings. The van der Waals surface area contributed by atoms with Crippen LogP contribution in [0.4, 0.5) is 11.5 Å². The Morgan fingerprint density at radius 2 is 2.00 bits per heavy atom. The second kappa shape index (κ2) is 5.75. The quantitative estimate of drug-likeness (QED) is 0.871. The lowest BCUT2D eigenvalue weighted by atomic mass is 10.1. The average Bonchev–Trinajstić information content (AvgIpc) is 2.49. The average molecular weight is 262 g/mol. The fourth-order valence-electron chi connectivity index (χ4n) is 3.04. The highest BCUT2D eigenvalue weighted by atomic mass is 16.5. The van der Waals surface area contributed by atoms with Crippen LogP contribution in [-0.4, -0.2) is 48.9 Å². The molecule has 1 aromatic rings. The fraction of sp³-hybridized carbons (Fsp3) is 0.643. The number of nitrogen functional groups attached to an aromatic ring is 1. The predicted molar refractivity (Wildman–Crippen MR) is 76.0 cm³/mol. The number of rotatable bonds is 2. The summed E-state index contributed by atoms with van der Waals surface area (Å²) in [5, 5.41) is 0. The van der Waals surface area contributed by atoms with Gasteiger partial charge in [-0.3, -0.25) is 4.90 Å². The molecule has 1 aromatic heterocycles. The highest BCUT2D eigenvalue weighted by molar-refractivity contribution is 5.49. The van der Waals surface area contributed by atoms with E-state index in [2.05, 4.69) is 20.9 Å². The van der Waals surface area contributed by atoms with Crippen molar-refractivity contribution in [1.29, 1.82) is 0 Å². The second-order valence-electron chi connectivity index (χ2n) is 5.26. The maximum atomic E-state index is 5.68. The lowest BCUT2D eigenvalue weighted by Crippen LogP contribution is -2.54. The molecule has 0 aromatic carbocycles. The van der Waals surface area contributed by atoms with Gasteiger partial charge in [-0.1, -0.05) is 0 Å². The Bertz CT molecular complexity index is 402. The summed E-state index contributed by atoms with van der Waals surface area (Å²) in [6.45, 7) is 4.87. The van der Waals surface area contributed by atoms with Crippen molar-refractivity contribution in [3.8, 4) is 0 Å². The smallest absolute Gasteiger partial charge is 0.123 e. The van der Waals surface area contributed by atoms with Crippen LogP contribution in [0, 0.1) is 0 Å². The first-order valence-corrected chi connectivity index (χ1v) is 7.14. The molecule has 19 heavy (non-hydrogen) atoms. The van der Waals surface area contributed by atoms with Crippen molar-refractivity contribution in [2.45, 2.75) is 25.4 Å². The van der Waals surface area contributed by atoms with E-state index in [0.717, 1.165) is 32.8 Å². The molecule has 0 aliphatic carbocycles. The first-order chi connectivity index (χ1) is 9.34. The molecular weight excluding hydrogens is 240 g/mol. The molecule has 0 radical (unpaired) electrons. The largest absolute Gasteiger partial charge is 0.384 e. The van der Waals surface area contributed by atoms with Gasteiger partial charge in [0.05, 0.1) is 31.3 Å². The fourth-order valence-corrected chi connectivity index (χ4v) is 3.04. The zero-order valence-electron chi connectivity index (χ0n) is 11.3. The van der Waals surface area contributed by atoms with Gasteiger partial charge in [-0.15, -0.1) is 0 Å². The highest BCUT2D eigenvalue weighted by Gasteiger charge is 2.29. The number of anilines is 2. The molecule has 0 spiro atoms. The Kier molecular flexibility index (Phi) is 3.84. The number of ether oxygens (including phenoxy) is 1. The summed E-state index contributed by atoms with van der Waals surface area (Å²) in [5.41, 5.74) is 6.86. The summed E-state index contributed by atoms with van der Waals surface area (Å²) >= 11 is 0. The number of morpholine rings is 1. The summed E-state index contributed by atoms with van der Waals surface area (Å²) in [7, 11) is 0. The van der Waals surface area contributed by atoms with E-state index in [-0.39, 0.29) is 0 Å². The molecule has 104 valence electrons. The molecule has 2 saturated heterocycles. The van der Waals surface area contributed by atoms with Gasteiger partial charge < -0.3 is 15.4 Å². The standard InChI is InChI=1S/C14H22N4O/c15-13-5-4-12(11-16-13)18-6-2-1-3-14(18)17-7-9-19-10-8-17/h4-5,11,14H,1-3,6-10H2,(H2,15,16). The molecular formula is C14H22N4O. The van der Waals surface area contributed by atoms with E-state index in [9.17, 15) is 0 Å². The van der Waals surface area contributed by atoms with Crippen LogP contribution in [0.1, 0.15) is 19.3 Å². The molecule has 3 heterocycles. The van der Waals surface area contributed by atoms with Gasteiger partial charge in [-0.25, -0.2) is 4.98 Å². The second-order valence-corrected chi connectivity index (χ2v) is 5.26. The van der Waals surface area contributed by atoms with Crippen molar-refractivity contribution >= 4 is 11.5 Å². The van der Waals surface area contributed by atoms with Crippen molar-refractivity contribution < 1.29 is 4.74 Å². The first-order valence-electron chi connectivity index (χ1n) is 7.14. The van der Waals surface area contributed by atoms with Gasteiger partial charge in [0.2, 0.25) is 0 Å². The number of nitrogens with two attached hydrogens (primary N) is 1. The highest BCUT2D eigenvalue weighted by Crippen LogP contribution is 2.27. The van der Waals surface area contributed by atoms with E-state index in [1.165, 1.54) is 24.9 Å². The predicted octanol–water partition coefficient (Wildman–Crippen LogP) is 1.31. The third kappa shape index (κ3) is 2.82. The zero-order chi connectivity index (χ0) is 13.1. The van der Waals surface area contributed by atoms with Crippen LogP contribution in [-0.2, 0) is 4.74 Å². The van der Waals surface area contributed by atoms with E-state index < -0.39 is 0 Å². The summed E-state index contributed by atoms with van der Waals surface area (Å²) in [4.78, 5) is 9.24. The molecule has 0 amide bonds. The molecule has 3 rings (SSSR count). The first kappa shape index (κ1) is 12.7. The molecule has 1 unspecified atom stereocenters. The van der Waals surface area contributed by atoms with Gasteiger partial charge in [-0.05, 0) is 31.4 Å². The van der Waals surface area contributed by atoms with Crippen LogP contribution >= 0.6 is 0 Å². The molecule has 2 aliphatic rings. The van der Waals surface area contributed by atoms with Crippen LogP contribution in [0.2, 0.25) is 0 Å². The number of hydrogen-bond acceptors (Lipinski definition) is 5. The maximum absolute atomic E-state index is 5.68. The minimum absolute atomic E-state index is 0.489. The lowest BCUT2D eigenvalue weighted by molar-refractivity contribution is 0.0107. The number of pyridine rings is 1. The van der Waals surface area contributed by atoms with E-state index in [0.29, 0.717) is 12.0 Å². The Labute approximate surface area is 114 Å². The summed E-state index contributed by atoms with van der Waals surface area (Å²) < 4.78 is 5.46. The van der Waals surface area contributed by atoms with E-state index in [1.807, 2.05) is 12.3 Å². The Hall–Kier alpha value is -1.33. The molecule has 1 atom stereocenters. The van der Waals surface area contributed by atoms with Crippen LogP contribution in [0.5, 0.6) is 0 Å². The Balaban J connectivity index is 1.78. The van der Waals surface area contributed by atoms with Crippen LogP contribution in [0.25, 0.3) is 0 Å². The molecule has 0 bridgehead atoms. The van der Waals surface area contributed by atoms with Crippen molar-refractivity contribution in [2.24, 2.45) is 0 Å². The van der Waals surface area contributed by atoms with Gasteiger partial charge in [0.25, 0.3) is 0 Å². The molecule has 5 nitrogen and oxygen atoms in total. The molecule has 0 saturated carbocycles. The summed E-state index contributed by atoms with van der Waals surface area (Å²) in [5.74, 6) is 0.587. The third-order valence-corrected chi connectivity index (χ3v) is 4.04. The van der Waals surface area contributed by atoms with Crippen molar-refractivity contribution in [2.75, 3.05) is 43.5 Å². The van der Waals surface area contributed by atoms with Crippen LogP contribution in [0.3, 0.4) is 0 Å². The lowest BCUT2D eigenvalue weighted by Gasteiger charge is -2.45. The van der Waals surface area contributed by atoms with Crippen molar-refractivity contribution in [3.05, 3.63) is 18.3 Å². The van der Waals surface area contributed by atoms with Crippen molar-refractivity contribution in [3.63, 3.8) is 0 Å². The van der Waals surface area contributed by atoms with Gasteiger partial charge in [-0.2, -0.15) is 0 Å². The van der Waals surface area contributed by atoms with Gasteiger partial charge in [0.15, 0.2) is 0 Å². The van der Waals surface area contributed by atoms with Crippen molar-refractivity contribution in [1.82, 2.24) is 9.88 Å². The molecule has 2 aliphatic heterocycles. The minimum atomic E-state index is 0.489. The van der Waals surface area contributed by atoms with Crippen LogP contribution < -0.4 is 10.6 Å². The number of hydrogen-bond donors (Lipinski definition) is 1. The van der Waals surface area contributed by atoms with Gasteiger partial charge in [0, 0.05) is 19.6 Å². The van der Waals surface area contributed by atoms with E-state index in [4.69, 9.17) is 10.5 Å². The minimum Gasteiger partial charge on any atom is -0.384 e. The zero-order valence-corrected chi connectivity index (χ0v) is 11.3. The summed E-state index contributed by atoms with van der Waals surface area (Å²) in [6, 6.07) is 3.97. The number of piperidine rings is 1. The normalized spacial score (nSPS) is 25.5. The number of aromatic nitrogens is 1. The third-order valence-electron chi connectivity index (χ3n) is 4.04. The van der Waals surface area contributed by atoms with Gasteiger partial charge in [0.1, 0.15) is 5.82 Å². The molecule has 2 N–H and O–H groups in total. The Morgan fingerprint density at radius 1 is 1.16 bits per heavy atom. The maximum Gasteiger partial charge on any atom is 0.123 e. The molecule has 5 heteroatoms. The van der Waals surface area contributed by atoms with Gasteiger partial charge >= 0.3 is 0 Å². The monoisotopic (exact) mass is 262 g/mol. The van der Waals surface area contributed by atoms with E-state index >= 15 is 0 Å². The van der Waals surface area contributed by atoms with E-state index in [1.54, 1.807) is 0 Å². The Morgan fingerprint density at radius 3 is 2.74 bits per heavy atom. The number of nitrogens with zero attached hydrogens (tertiary/aromatic N) is 3.